The van der Waals surface area contributed by atoms with E-state index in [-0.39, 0.29) is 6.71 Å². The zero-order valence-electron chi connectivity index (χ0n) is 15.9. The molecule has 4 aromatic rings. The van der Waals surface area contributed by atoms with Gasteiger partial charge in [-0.1, -0.05) is 125 Å². The molecule has 128 valence electrons. The molecule has 27 heavy (non-hydrogen) atoms. The van der Waals surface area contributed by atoms with Crippen molar-refractivity contribution in [3.8, 4) is 11.1 Å². The van der Waals surface area contributed by atoms with Crippen LogP contribution in [0.3, 0.4) is 0 Å². The van der Waals surface area contributed by atoms with Gasteiger partial charge in [-0.25, -0.2) is 0 Å². The molecule has 2 heteroatoms. The summed E-state index contributed by atoms with van der Waals surface area (Å²) in [7, 11) is 2.21. The molecule has 0 N–H and O–H groups in total. The van der Waals surface area contributed by atoms with E-state index >= 15 is 0 Å². The summed E-state index contributed by atoms with van der Waals surface area (Å²) in [5.74, 6) is 0. The number of aryl methyl sites for hydroxylation is 1. The highest BCUT2D eigenvalue weighted by Gasteiger charge is 2.25. The van der Waals surface area contributed by atoms with E-state index < -0.39 is 0 Å². The largest absolute Gasteiger partial charge is 0.241 e. The molecule has 0 aliphatic carbocycles. The van der Waals surface area contributed by atoms with Gasteiger partial charge in [-0.15, -0.1) is 0 Å². The van der Waals surface area contributed by atoms with Gasteiger partial charge >= 0.3 is 0 Å². The molecule has 4 rings (SSSR count). The summed E-state index contributed by atoms with van der Waals surface area (Å²) in [5.41, 5.74) is 9.30. The summed E-state index contributed by atoms with van der Waals surface area (Å²) in [6.45, 7) is 2.40. The third-order valence-corrected chi connectivity index (χ3v) is 5.34. The number of rotatable bonds is 4. The molecule has 0 aliphatic heterocycles. The first kappa shape index (κ1) is 17.4. The molecule has 0 spiro atoms. The molecule has 0 heterocycles. The van der Waals surface area contributed by atoms with Crippen molar-refractivity contribution in [3.05, 3.63) is 109 Å². The van der Waals surface area contributed by atoms with Gasteiger partial charge in [-0.3, -0.25) is 0 Å². The predicted molar refractivity (Wildman–Crippen MR) is 122 cm³/mol. The summed E-state index contributed by atoms with van der Waals surface area (Å²) in [5, 5.41) is 0. The van der Waals surface area contributed by atoms with Crippen LogP contribution < -0.4 is 21.9 Å². The van der Waals surface area contributed by atoms with E-state index in [2.05, 4.69) is 118 Å². The molecule has 0 saturated carbocycles. The monoisotopic (exact) mass is 344 g/mol. The van der Waals surface area contributed by atoms with Gasteiger partial charge in [0, 0.05) is 0 Å². The molecule has 0 amide bonds. The molecule has 0 unspecified atom stereocenters. The third kappa shape index (κ3) is 3.48. The number of benzene rings is 4. The first-order valence-electron chi connectivity index (χ1n) is 9.51. The van der Waals surface area contributed by atoms with Gasteiger partial charge in [0.05, 0.1) is 0 Å². The minimum absolute atomic E-state index is 0.211. The Kier molecular flexibility index (Phi) is 4.98. The van der Waals surface area contributed by atoms with Gasteiger partial charge in [-0.05, 0) is 23.6 Å². The predicted octanol–water partition coefficient (Wildman–Crippen LogP) is 2.44. The van der Waals surface area contributed by atoms with Crippen molar-refractivity contribution >= 4 is 36.4 Å². The fourth-order valence-corrected chi connectivity index (χ4v) is 3.95. The lowest BCUT2D eigenvalue weighted by Gasteiger charge is -2.21. The van der Waals surface area contributed by atoms with E-state index in [0.717, 1.165) is 0 Å². The van der Waals surface area contributed by atoms with Crippen LogP contribution in [0.4, 0.5) is 0 Å². The van der Waals surface area contributed by atoms with Crippen LogP contribution in [0.15, 0.2) is 103 Å². The van der Waals surface area contributed by atoms with E-state index in [1.165, 1.54) is 38.5 Å². The van der Waals surface area contributed by atoms with Gasteiger partial charge in [0.1, 0.15) is 7.85 Å². The van der Waals surface area contributed by atoms with E-state index in [1.807, 2.05) is 0 Å². The van der Waals surface area contributed by atoms with Gasteiger partial charge in [0.2, 0.25) is 6.71 Å². The van der Waals surface area contributed by atoms with Gasteiger partial charge in [-0.2, -0.15) is 0 Å². The van der Waals surface area contributed by atoms with Crippen LogP contribution in [0.25, 0.3) is 11.1 Å². The maximum atomic E-state index is 2.28. The average molecular weight is 344 g/mol. The Labute approximate surface area is 163 Å². The minimum Gasteiger partial charge on any atom is -0.0935 e. The molecule has 0 radical (unpaired) electrons. The van der Waals surface area contributed by atoms with Gasteiger partial charge in [0.25, 0.3) is 0 Å². The van der Waals surface area contributed by atoms with Crippen molar-refractivity contribution in [3.63, 3.8) is 0 Å². The topological polar surface area (TPSA) is 0 Å². The molecule has 0 aliphatic rings. The minimum atomic E-state index is 0.211. The molecule has 0 atom stereocenters. The van der Waals surface area contributed by atoms with Crippen LogP contribution >= 0.6 is 0 Å². The Morgan fingerprint density at radius 1 is 0.556 bits per heavy atom. The van der Waals surface area contributed by atoms with Crippen molar-refractivity contribution in [1.29, 1.82) is 0 Å². The van der Waals surface area contributed by atoms with Crippen molar-refractivity contribution < 1.29 is 0 Å². The van der Waals surface area contributed by atoms with E-state index in [4.69, 9.17) is 0 Å². The average Bonchev–Trinajstić information content (AvgIpc) is 2.71. The van der Waals surface area contributed by atoms with Crippen molar-refractivity contribution in [2.45, 2.75) is 6.92 Å². The van der Waals surface area contributed by atoms with Crippen LogP contribution in [0.2, 0.25) is 0 Å². The van der Waals surface area contributed by atoms with Crippen molar-refractivity contribution in [2.75, 3.05) is 0 Å². The van der Waals surface area contributed by atoms with Crippen molar-refractivity contribution in [2.24, 2.45) is 0 Å². The van der Waals surface area contributed by atoms with Crippen LogP contribution in [-0.4, -0.2) is 14.6 Å². The molecular weight excluding hydrogens is 322 g/mol. The lowest BCUT2D eigenvalue weighted by Crippen LogP contribution is -2.57. The second kappa shape index (κ2) is 7.72. The Morgan fingerprint density at radius 3 is 1.81 bits per heavy atom. The first-order valence-corrected chi connectivity index (χ1v) is 9.51. The van der Waals surface area contributed by atoms with Gasteiger partial charge < -0.3 is 0 Å². The van der Waals surface area contributed by atoms with Crippen LogP contribution in [0.5, 0.6) is 0 Å². The smallest absolute Gasteiger partial charge is 0.0935 e. The van der Waals surface area contributed by atoms with E-state index in [1.54, 1.807) is 0 Å². The second-order valence-electron chi connectivity index (χ2n) is 7.10. The molecule has 0 bridgehead atoms. The summed E-state index contributed by atoms with van der Waals surface area (Å²) in [6, 6.07) is 37.1. The standard InChI is InChI=1S/C25H22B2/c1-19-11-5-6-14-21(19)22-15-7-9-17-24(22)27(20-12-3-2-4-13-20)25-18-10-8-16-23(25)26/h2-18H,26H2,1H3. The molecule has 0 nitrogen and oxygen atoms in total. The molecule has 0 aromatic heterocycles. The highest BCUT2D eigenvalue weighted by molar-refractivity contribution is 6.98. The van der Waals surface area contributed by atoms with E-state index in [0.29, 0.717) is 0 Å². The summed E-state index contributed by atoms with van der Waals surface area (Å²) in [6.07, 6.45) is 0. The zero-order chi connectivity index (χ0) is 18.6. The normalized spacial score (nSPS) is 10.6. The molecule has 4 aromatic carbocycles. The highest BCUT2D eigenvalue weighted by Crippen LogP contribution is 2.21. The Morgan fingerprint density at radius 2 is 1.11 bits per heavy atom. The lowest BCUT2D eigenvalue weighted by molar-refractivity contribution is 1.46. The number of hydrogen-bond donors (Lipinski definition) is 0. The summed E-state index contributed by atoms with van der Waals surface area (Å²) < 4.78 is 0. The van der Waals surface area contributed by atoms with Crippen LogP contribution in [-0.2, 0) is 0 Å². The second-order valence-corrected chi connectivity index (χ2v) is 7.10. The third-order valence-electron chi connectivity index (χ3n) is 5.34. The Balaban J connectivity index is 1.98. The summed E-state index contributed by atoms with van der Waals surface area (Å²) in [4.78, 5) is 0. The van der Waals surface area contributed by atoms with Crippen LogP contribution in [0, 0.1) is 6.92 Å². The lowest BCUT2D eigenvalue weighted by atomic mass is 9.34. The maximum absolute atomic E-state index is 2.28. The Hall–Kier alpha value is -2.99. The summed E-state index contributed by atoms with van der Waals surface area (Å²) >= 11 is 0. The van der Waals surface area contributed by atoms with E-state index in [9.17, 15) is 0 Å². The fraction of sp³-hybridized carbons (Fsp3) is 0.0400. The first-order chi connectivity index (χ1) is 13.3. The quantitative estimate of drug-likeness (QED) is 0.499. The fourth-order valence-electron chi connectivity index (χ4n) is 3.95. The molecule has 0 fully saturated rings. The molecular formula is C25H22B2. The highest BCUT2D eigenvalue weighted by atomic mass is 14.1. The van der Waals surface area contributed by atoms with Crippen LogP contribution in [0.1, 0.15) is 5.56 Å². The van der Waals surface area contributed by atoms with Crippen molar-refractivity contribution in [1.82, 2.24) is 0 Å². The maximum Gasteiger partial charge on any atom is 0.241 e. The number of hydrogen-bond acceptors (Lipinski definition) is 0. The SMILES string of the molecule is Bc1ccccc1B(c1ccccc1)c1ccccc1-c1ccccc1C. The molecule has 0 saturated heterocycles. The van der Waals surface area contributed by atoms with Gasteiger partial charge in [0.15, 0.2) is 0 Å². The Bertz CT molecular complexity index is 1050. The zero-order valence-corrected chi connectivity index (χ0v) is 15.9.